The number of aliphatic imine (C=N–C) groups is 1. The van der Waals surface area contributed by atoms with E-state index in [2.05, 4.69) is 82.3 Å². The zero-order chi connectivity index (χ0) is 21.5. The topological polar surface area (TPSA) is 46.1 Å². The fourth-order valence-corrected chi connectivity index (χ4v) is 4.45. The lowest BCUT2D eigenvalue weighted by Gasteiger charge is -2.34. The molecule has 168 valence electrons. The van der Waals surface area contributed by atoms with Crippen LogP contribution in [0.4, 0.5) is 0 Å². The molecule has 1 aromatic rings. The van der Waals surface area contributed by atoms with Crippen molar-refractivity contribution in [1.82, 2.24) is 25.3 Å². The van der Waals surface area contributed by atoms with Crippen LogP contribution in [0.15, 0.2) is 29.3 Å². The number of piperazine rings is 1. The lowest BCUT2D eigenvalue weighted by atomic mass is 10.1. The molecule has 2 saturated heterocycles. The van der Waals surface area contributed by atoms with Crippen LogP contribution in [-0.2, 0) is 13.1 Å². The van der Waals surface area contributed by atoms with E-state index in [1.54, 1.807) is 0 Å². The summed E-state index contributed by atoms with van der Waals surface area (Å²) in [4.78, 5) is 12.1. The minimum absolute atomic E-state index is 0.453. The van der Waals surface area contributed by atoms with Crippen molar-refractivity contribution in [3.63, 3.8) is 0 Å². The zero-order valence-electron chi connectivity index (χ0n) is 19.7. The second kappa shape index (κ2) is 11.1. The molecular weight excluding hydrogens is 372 g/mol. The molecule has 6 heteroatoms. The second-order valence-electron chi connectivity index (χ2n) is 9.23. The molecule has 2 N–H and O–H groups in total. The monoisotopic (exact) mass is 414 g/mol. The summed E-state index contributed by atoms with van der Waals surface area (Å²) in [5.41, 5.74) is 2.69. The summed E-state index contributed by atoms with van der Waals surface area (Å²) in [7, 11) is 1.86. The quantitative estimate of drug-likeness (QED) is 0.529. The van der Waals surface area contributed by atoms with Crippen molar-refractivity contribution in [3.05, 3.63) is 35.4 Å². The molecule has 30 heavy (non-hydrogen) atoms. The molecule has 2 aliphatic heterocycles. The number of likely N-dealkylation sites (N-methyl/N-ethyl adjacent to an activating group) is 1. The highest BCUT2D eigenvalue weighted by atomic mass is 15.3. The Labute approximate surface area is 183 Å². The first kappa shape index (κ1) is 23.0. The highest BCUT2D eigenvalue weighted by Gasteiger charge is 2.31. The highest BCUT2D eigenvalue weighted by Crippen LogP contribution is 2.18. The first-order valence-electron chi connectivity index (χ1n) is 11.7. The number of guanidine groups is 1. The summed E-state index contributed by atoms with van der Waals surface area (Å²) < 4.78 is 0. The van der Waals surface area contributed by atoms with Crippen molar-refractivity contribution in [1.29, 1.82) is 0 Å². The van der Waals surface area contributed by atoms with E-state index in [-0.39, 0.29) is 0 Å². The molecule has 2 unspecified atom stereocenters. The molecular formula is C24H42N6. The molecule has 1 aromatic carbocycles. The predicted molar refractivity (Wildman–Crippen MR) is 127 cm³/mol. The number of hydrogen-bond donors (Lipinski definition) is 2. The van der Waals surface area contributed by atoms with Gasteiger partial charge in [0.2, 0.25) is 0 Å². The van der Waals surface area contributed by atoms with Gasteiger partial charge < -0.3 is 15.5 Å². The average molecular weight is 415 g/mol. The fourth-order valence-electron chi connectivity index (χ4n) is 4.45. The van der Waals surface area contributed by atoms with Gasteiger partial charge in [-0.3, -0.25) is 14.8 Å². The minimum Gasteiger partial charge on any atom is -0.352 e. The minimum atomic E-state index is 0.453. The van der Waals surface area contributed by atoms with Crippen molar-refractivity contribution < 1.29 is 0 Å². The maximum absolute atomic E-state index is 4.44. The van der Waals surface area contributed by atoms with E-state index in [4.69, 9.17) is 0 Å². The van der Waals surface area contributed by atoms with Gasteiger partial charge in [0.15, 0.2) is 5.96 Å². The van der Waals surface area contributed by atoms with E-state index >= 15 is 0 Å². The van der Waals surface area contributed by atoms with Crippen LogP contribution in [0.2, 0.25) is 0 Å². The Kier molecular flexibility index (Phi) is 8.54. The summed E-state index contributed by atoms with van der Waals surface area (Å²) in [6.45, 7) is 19.1. The molecule has 2 heterocycles. The Balaban J connectivity index is 1.44. The average Bonchev–Trinajstić information content (AvgIpc) is 3.13. The van der Waals surface area contributed by atoms with Crippen LogP contribution in [0.3, 0.4) is 0 Å². The molecule has 0 bridgehead atoms. The van der Waals surface area contributed by atoms with Crippen molar-refractivity contribution >= 4 is 5.96 Å². The van der Waals surface area contributed by atoms with E-state index in [1.165, 1.54) is 43.9 Å². The van der Waals surface area contributed by atoms with Gasteiger partial charge in [0, 0.05) is 71.5 Å². The number of nitrogens with one attached hydrogen (secondary N) is 2. The van der Waals surface area contributed by atoms with E-state index in [9.17, 15) is 0 Å². The standard InChI is InChI=1S/C24H42N6/c1-6-28-11-13-29(14-12-28)17-22-9-7-21(8-10-22)15-26-24(25-5)27-23-18-30(19(2)3)16-20(23)4/h7-10,19-20,23H,6,11-18H2,1-5H3,(H2,25,26,27). The zero-order valence-corrected chi connectivity index (χ0v) is 19.7. The molecule has 3 rings (SSSR count). The number of nitrogens with zero attached hydrogens (tertiary/aromatic N) is 4. The number of hydrogen-bond acceptors (Lipinski definition) is 4. The molecule has 0 aromatic heterocycles. The largest absolute Gasteiger partial charge is 0.352 e. The maximum Gasteiger partial charge on any atom is 0.191 e. The molecule has 0 radical (unpaired) electrons. The van der Waals surface area contributed by atoms with Crippen LogP contribution < -0.4 is 10.6 Å². The van der Waals surface area contributed by atoms with Gasteiger partial charge in [-0.25, -0.2) is 0 Å². The molecule has 0 aliphatic carbocycles. The smallest absolute Gasteiger partial charge is 0.191 e. The molecule has 2 atom stereocenters. The first-order chi connectivity index (χ1) is 14.5. The Morgan fingerprint density at radius 2 is 1.67 bits per heavy atom. The van der Waals surface area contributed by atoms with E-state index in [0.717, 1.165) is 32.1 Å². The lowest BCUT2D eigenvalue weighted by molar-refractivity contribution is 0.132. The van der Waals surface area contributed by atoms with Gasteiger partial charge >= 0.3 is 0 Å². The third-order valence-electron chi connectivity index (χ3n) is 6.72. The van der Waals surface area contributed by atoms with E-state index in [1.807, 2.05) is 7.05 Å². The van der Waals surface area contributed by atoms with Crippen molar-refractivity contribution in [2.24, 2.45) is 10.9 Å². The summed E-state index contributed by atoms with van der Waals surface area (Å²) in [5.74, 6) is 1.53. The molecule has 2 aliphatic rings. The van der Waals surface area contributed by atoms with Crippen LogP contribution in [0.5, 0.6) is 0 Å². The maximum atomic E-state index is 4.44. The summed E-state index contributed by atoms with van der Waals surface area (Å²) in [5, 5.41) is 7.12. The normalized spacial score (nSPS) is 24.5. The second-order valence-corrected chi connectivity index (χ2v) is 9.23. The van der Waals surface area contributed by atoms with Crippen LogP contribution in [0, 0.1) is 5.92 Å². The Hall–Kier alpha value is -1.63. The van der Waals surface area contributed by atoms with Crippen LogP contribution in [0.1, 0.15) is 38.8 Å². The Morgan fingerprint density at radius 3 is 2.23 bits per heavy atom. The van der Waals surface area contributed by atoms with Gasteiger partial charge in [-0.15, -0.1) is 0 Å². The molecule has 6 nitrogen and oxygen atoms in total. The summed E-state index contributed by atoms with van der Waals surface area (Å²) >= 11 is 0. The third-order valence-corrected chi connectivity index (χ3v) is 6.72. The van der Waals surface area contributed by atoms with Crippen LogP contribution in [-0.4, -0.2) is 85.6 Å². The van der Waals surface area contributed by atoms with E-state index < -0.39 is 0 Å². The lowest BCUT2D eigenvalue weighted by Crippen LogP contribution is -2.46. The SMILES string of the molecule is CCN1CCN(Cc2ccc(CNC(=NC)NC3CN(C(C)C)CC3C)cc2)CC1. The van der Waals surface area contributed by atoms with Gasteiger partial charge in [0.1, 0.15) is 0 Å². The molecule has 0 amide bonds. The van der Waals surface area contributed by atoms with Gasteiger partial charge in [0.05, 0.1) is 0 Å². The predicted octanol–water partition coefficient (Wildman–Crippen LogP) is 2.22. The fraction of sp³-hybridized carbons (Fsp3) is 0.708. The van der Waals surface area contributed by atoms with Gasteiger partial charge in [-0.05, 0) is 37.4 Å². The van der Waals surface area contributed by atoms with Crippen molar-refractivity contribution in [2.45, 2.75) is 52.9 Å². The van der Waals surface area contributed by atoms with Crippen molar-refractivity contribution in [2.75, 3.05) is 52.9 Å². The first-order valence-corrected chi connectivity index (χ1v) is 11.7. The highest BCUT2D eigenvalue weighted by molar-refractivity contribution is 5.80. The van der Waals surface area contributed by atoms with Crippen LogP contribution in [0.25, 0.3) is 0 Å². The molecule has 0 spiro atoms. The number of benzene rings is 1. The van der Waals surface area contributed by atoms with E-state index in [0.29, 0.717) is 18.0 Å². The summed E-state index contributed by atoms with van der Waals surface area (Å²) in [6, 6.07) is 10.1. The molecule has 0 saturated carbocycles. The number of likely N-dealkylation sites (tertiary alicyclic amines) is 1. The third kappa shape index (κ3) is 6.43. The Morgan fingerprint density at radius 1 is 1.03 bits per heavy atom. The summed E-state index contributed by atoms with van der Waals surface area (Å²) in [6.07, 6.45) is 0. The molecule has 2 fully saturated rings. The van der Waals surface area contributed by atoms with Gasteiger partial charge in [-0.2, -0.15) is 0 Å². The van der Waals surface area contributed by atoms with Crippen molar-refractivity contribution in [3.8, 4) is 0 Å². The number of rotatable bonds is 7. The van der Waals surface area contributed by atoms with Gasteiger partial charge in [0.25, 0.3) is 0 Å². The van der Waals surface area contributed by atoms with Gasteiger partial charge in [-0.1, -0.05) is 38.1 Å². The van der Waals surface area contributed by atoms with Crippen LogP contribution >= 0.6 is 0 Å². The Bertz CT molecular complexity index is 663.